The lowest BCUT2D eigenvalue weighted by Gasteiger charge is -2.36. The summed E-state index contributed by atoms with van der Waals surface area (Å²) in [6.07, 6.45) is -2.39. The number of benzene rings is 1. The standard InChI is InChI=1S/C20H32O6/c1-13(11-21)19(24)15(3)20(14(2)17(22)10-18(23)25-4)26-12-16-8-6-5-7-9-16/h5-9,13-15,17,19-22,24H,10-12H2,1-4H3/t13-,14-,15+,17+,19-,20-/m0/s1. The van der Waals surface area contributed by atoms with Crippen LogP contribution in [0.1, 0.15) is 32.8 Å². The van der Waals surface area contributed by atoms with E-state index in [0.29, 0.717) is 6.61 Å². The monoisotopic (exact) mass is 368 g/mol. The summed E-state index contributed by atoms with van der Waals surface area (Å²) in [5, 5.41) is 30.2. The summed E-state index contributed by atoms with van der Waals surface area (Å²) >= 11 is 0. The molecule has 0 aromatic heterocycles. The molecule has 0 saturated heterocycles. The van der Waals surface area contributed by atoms with Gasteiger partial charge in [0.2, 0.25) is 0 Å². The topological polar surface area (TPSA) is 96.2 Å². The van der Waals surface area contributed by atoms with Crippen LogP contribution in [0.4, 0.5) is 0 Å². The number of hydrogen-bond acceptors (Lipinski definition) is 6. The van der Waals surface area contributed by atoms with Gasteiger partial charge in [-0.1, -0.05) is 51.1 Å². The molecule has 0 amide bonds. The zero-order valence-electron chi connectivity index (χ0n) is 16.0. The zero-order chi connectivity index (χ0) is 19.7. The van der Waals surface area contributed by atoms with Crippen LogP contribution >= 0.6 is 0 Å². The molecule has 6 atom stereocenters. The number of rotatable bonds is 11. The maximum Gasteiger partial charge on any atom is 0.308 e. The molecule has 0 radical (unpaired) electrons. The molecule has 0 unspecified atom stereocenters. The minimum Gasteiger partial charge on any atom is -0.469 e. The van der Waals surface area contributed by atoms with Gasteiger partial charge in [-0.05, 0) is 5.56 Å². The fraction of sp³-hybridized carbons (Fsp3) is 0.650. The minimum absolute atomic E-state index is 0.138. The number of hydrogen-bond donors (Lipinski definition) is 3. The molecule has 1 rings (SSSR count). The van der Waals surface area contributed by atoms with Crippen LogP contribution in [0.5, 0.6) is 0 Å². The van der Waals surface area contributed by atoms with Crippen molar-refractivity contribution in [2.75, 3.05) is 13.7 Å². The third-order valence-electron chi connectivity index (χ3n) is 4.94. The summed E-state index contributed by atoms with van der Waals surface area (Å²) in [5.41, 5.74) is 0.976. The molecule has 1 aromatic rings. The molecule has 0 bridgehead atoms. The number of methoxy groups -OCH3 is 1. The van der Waals surface area contributed by atoms with Gasteiger partial charge in [0.25, 0.3) is 0 Å². The maximum absolute atomic E-state index is 11.5. The second kappa shape index (κ2) is 11.3. The van der Waals surface area contributed by atoms with Crippen molar-refractivity contribution >= 4 is 5.97 Å². The van der Waals surface area contributed by atoms with Gasteiger partial charge < -0.3 is 24.8 Å². The van der Waals surface area contributed by atoms with E-state index in [0.717, 1.165) is 5.56 Å². The lowest BCUT2D eigenvalue weighted by atomic mass is 9.81. The molecular weight excluding hydrogens is 336 g/mol. The van der Waals surface area contributed by atoms with E-state index in [1.165, 1.54) is 7.11 Å². The van der Waals surface area contributed by atoms with Crippen molar-refractivity contribution in [3.63, 3.8) is 0 Å². The molecule has 0 heterocycles. The Labute approximate surface area is 155 Å². The fourth-order valence-electron chi connectivity index (χ4n) is 3.03. The van der Waals surface area contributed by atoms with Gasteiger partial charge in [-0.2, -0.15) is 0 Å². The van der Waals surface area contributed by atoms with E-state index in [4.69, 9.17) is 4.74 Å². The highest BCUT2D eigenvalue weighted by Gasteiger charge is 2.36. The average Bonchev–Trinajstić information content (AvgIpc) is 2.66. The second-order valence-electron chi connectivity index (χ2n) is 6.98. The number of carbonyl (C=O) groups excluding carboxylic acids is 1. The second-order valence-corrected chi connectivity index (χ2v) is 6.98. The predicted octanol–water partition coefficient (Wildman–Crippen LogP) is 1.76. The molecule has 0 spiro atoms. The van der Waals surface area contributed by atoms with Crippen molar-refractivity contribution in [2.24, 2.45) is 17.8 Å². The highest BCUT2D eigenvalue weighted by atomic mass is 16.5. The molecule has 6 nitrogen and oxygen atoms in total. The van der Waals surface area contributed by atoms with Crippen LogP contribution in [0, 0.1) is 17.8 Å². The van der Waals surface area contributed by atoms with E-state index in [9.17, 15) is 20.1 Å². The molecular formula is C20H32O6. The number of aliphatic hydroxyl groups is 3. The van der Waals surface area contributed by atoms with Crippen molar-refractivity contribution in [3.8, 4) is 0 Å². The zero-order valence-corrected chi connectivity index (χ0v) is 16.0. The van der Waals surface area contributed by atoms with Gasteiger partial charge in [-0.25, -0.2) is 0 Å². The number of ether oxygens (including phenoxy) is 2. The predicted molar refractivity (Wildman–Crippen MR) is 98.2 cm³/mol. The Balaban J connectivity index is 2.90. The summed E-state index contributed by atoms with van der Waals surface area (Å²) in [6, 6.07) is 9.61. The van der Waals surface area contributed by atoms with Gasteiger partial charge in [0.05, 0.1) is 38.4 Å². The van der Waals surface area contributed by atoms with Crippen LogP contribution in [0.25, 0.3) is 0 Å². The van der Waals surface area contributed by atoms with Gasteiger partial charge in [0.1, 0.15) is 0 Å². The Kier molecular flexibility index (Phi) is 9.80. The van der Waals surface area contributed by atoms with E-state index >= 15 is 0 Å². The van der Waals surface area contributed by atoms with E-state index in [1.54, 1.807) is 13.8 Å². The smallest absolute Gasteiger partial charge is 0.308 e. The van der Waals surface area contributed by atoms with Gasteiger partial charge in [0.15, 0.2) is 0 Å². The largest absolute Gasteiger partial charge is 0.469 e. The van der Waals surface area contributed by atoms with E-state index in [2.05, 4.69) is 4.74 Å². The van der Waals surface area contributed by atoms with Gasteiger partial charge in [-0.15, -0.1) is 0 Å². The first-order valence-corrected chi connectivity index (χ1v) is 9.01. The van der Waals surface area contributed by atoms with E-state index in [1.807, 2.05) is 37.3 Å². The lowest BCUT2D eigenvalue weighted by Crippen LogP contribution is -2.44. The third-order valence-corrected chi connectivity index (χ3v) is 4.94. The van der Waals surface area contributed by atoms with E-state index < -0.39 is 30.2 Å². The molecule has 0 fully saturated rings. The lowest BCUT2D eigenvalue weighted by molar-refractivity contribution is -0.146. The highest BCUT2D eigenvalue weighted by Crippen LogP contribution is 2.28. The molecule has 148 valence electrons. The summed E-state index contributed by atoms with van der Waals surface area (Å²) in [4.78, 5) is 11.5. The molecule has 26 heavy (non-hydrogen) atoms. The molecule has 0 aliphatic heterocycles. The highest BCUT2D eigenvalue weighted by molar-refractivity contribution is 5.69. The first-order valence-electron chi connectivity index (χ1n) is 9.01. The molecule has 3 N–H and O–H groups in total. The summed E-state index contributed by atoms with van der Waals surface area (Å²) < 4.78 is 10.7. The van der Waals surface area contributed by atoms with Crippen molar-refractivity contribution in [3.05, 3.63) is 35.9 Å². The Bertz CT molecular complexity index is 520. The Morgan fingerprint density at radius 3 is 2.23 bits per heavy atom. The van der Waals surface area contributed by atoms with Crippen LogP contribution in [0.15, 0.2) is 30.3 Å². The minimum atomic E-state index is -0.956. The normalized spacial score (nSPS) is 18.4. The average molecular weight is 368 g/mol. The van der Waals surface area contributed by atoms with Crippen molar-refractivity contribution < 1.29 is 29.6 Å². The number of aliphatic hydroxyl groups excluding tert-OH is 3. The van der Waals surface area contributed by atoms with Gasteiger partial charge in [0, 0.05) is 24.4 Å². The number of esters is 1. The molecule has 6 heteroatoms. The summed E-state index contributed by atoms with van der Waals surface area (Å²) in [7, 11) is 1.28. The van der Waals surface area contributed by atoms with Crippen molar-refractivity contribution in [2.45, 2.75) is 52.1 Å². The van der Waals surface area contributed by atoms with Gasteiger partial charge >= 0.3 is 5.97 Å². The van der Waals surface area contributed by atoms with Crippen LogP contribution in [0.2, 0.25) is 0 Å². The quantitative estimate of drug-likeness (QED) is 0.515. The molecule has 0 saturated carbocycles. The van der Waals surface area contributed by atoms with Crippen LogP contribution in [-0.4, -0.2) is 53.3 Å². The molecule has 1 aromatic carbocycles. The van der Waals surface area contributed by atoms with Crippen molar-refractivity contribution in [1.82, 2.24) is 0 Å². The summed E-state index contributed by atoms with van der Waals surface area (Å²) in [6.45, 7) is 5.55. The fourth-order valence-corrected chi connectivity index (χ4v) is 3.03. The Hall–Kier alpha value is -1.47. The molecule has 0 aliphatic rings. The Morgan fingerprint density at radius 2 is 1.69 bits per heavy atom. The SMILES string of the molecule is COC(=O)C[C@@H](O)[C@H](C)[C@H](OCc1ccccc1)[C@H](C)[C@@H](O)[C@@H](C)CO. The number of carbonyl (C=O) groups is 1. The van der Waals surface area contributed by atoms with Crippen LogP contribution < -0.4 is 0 Å². The first kappa shape index (κ1) is 22.6. The first-order chi connectivity index (χ1) is 12.3. The van der Waals surface area contributed by atoms with Crippen LogP contribution in [-0.2, 0) is 20.9 Å². The Morgan fingerprint density at radius 1 is 1.08 bits per heavy atom. The summed E-state index contributed by atoms with van der Waals surface area (Å²) in [5.74, 6) is -1.57. The van der Waals surface area contributed by atoms with Crippen molar-refractivity contribution in [1.29, 1.82) is 0 Å². The van der Waals surface area contributed by atoms with Gasteiger partial charge in [-0.3, -0.25) is 4.79 Å². The third kappa shape index (κ3) is 6.68. The van der Waals surface area contributed by atoms with E-state index in [-0.39, 0.29) is 24.9 Å². The molecule has 0 aliphatic carbocycles. The van der Waals surface area contributed by atoms with Crippen LogP contribution in [0.3, 0.4) is 0 Å². The maximum atomic E-state index is 11.5.